The Morgan fingerprint density at radius 3 is 2.68 bits per heavy atom. The number of hydrogen-bond donors (Lipinski definition) is 1. The summed E-state index contributed by atoms with van der Waals surface area (Å²) in [4.78, 5) is 19.8. The van der Waals surface area contributed by atoms with Crippen molar-refractivity contribution < 1.29 is 4.79 Å². The molecule has 0 radical (unpaired) electrons. The molecule has 0 saturated heterocycles. The lowest BCUT2D eigenvalue weighted by molar-refractivity contribution is 0.102. The largest absolute Gasteiger partial charge is 0.312 e. The number of thiophene rings is 1. The number of nitrogens with zero attached hydrogens (tertiary/aromatic N) is 2. The monoisotopic (exact) mass is 485 g/mol. The highest BCUT2D eigenvalue weighted by molar-refractivity contribution is 7.16. The number of halogens is 1. The second-order valence-corrected chi connectivity index (χ2v) is 10.2. The van der Waals surface area contributed by atoms with E-state index in [1.165, 1.54) is 17.7 Å². The number of fused-ring (bicyclic) bond motifs is 2. The first kappa shape index (κ1) is 22.6. The molecule has 0 bridgehead atoms. The number of para-hydroxylation sites is 1. The first-order valence-corrected chi connectivity index (χ1v) is 12.8. The average Bonchev–Trinajstić information content (AvgIpc) is 3.13. The maximum atomic E-state index is 13.7. The molecule has 6 heteroatoms. The van der Waals surface area contributed by atoms with Gasteiger partial charge < -0.3 is 5.32 Å². The number of carbonyl (C=O) groups excluding carboxylic acids is 1. The molecule has 1 aliphatic carbocycles. The van der Waals surface area contributed by atoms with Gasteiger partial charge in [0.1, 0.15) is 11.1 Å². The Morgan fingerprint density at radius 2 is 1.88 bits per heavy atom. The van der Waals surface area contributed by atoms with E-state index in [1.54, 1.807) is 11.3 Å². The number of anilines is 1. The SMILES string of the molecule is Cc1c(-c2cccc(Cl)c2)nc2ccccc2c1C(=O)Nc1sc2c(c1C#N)CCCCCC2. The van der Waals surface area contributed by atoms with Crippen LogP contribution in [0.2, 0.25) is 5.02 Å². The lowest BCUT2D eigenvalue weighted by Crippen LogP contribution is -2.15. The lowest BCUT2D eigenvalue weighted by atomic mass is 9.96. The maximum absolute atomic E-state index is 13.7. The van der Waals surface area contributed by atoms with Crippen molar-refractivity contribution in [2.24, 2.45) is 0 Å². The van der Waals surface area contributed by atoms with Crippen molar-refractivity contribution in [2.45, 2.75) is 45.4 Å². The van der Waals surface area contributed by atoms with Crippen LogP contribution in [0.5, 0.6) is 0 Å². The fourth-order valence-electron chi connectivity index (χ4n) is 4.81. The molecule has 2 aromatic heterocycles. The minimum atomic E-state index is -0.218. The van der Waals surface area contributed by atoms with E-state index >= 15 is 0 Å². The fourth-order valence-corrected chi connectivity index (χ4v) is 6.23. The van der Waals surface area contributed by atoms with Gasteiger partial charge in [-0.15, -0.1) is 11.3 Å². The molecule has 170 valence electrons. The molecule has 34 heavy (non-hydrogen) atoms. The number of aromatic nitrogens is 1. The number of hydrogen-bond acceptors (Lipinski definition) is 4. The van der Waals surface area contributed by atoms with Crippen LogP contribution in [0, 0.1) is 18.3 Å². The topological polar surface area (TPSA) is 65.8 Å². The van der Waals surface area contributed by atoms with Gasteiger partial charge in [-0.25, -0.2) is 4.98 Å². The van der Waals surface area contributed by atoms with Gasteiger partial charge >= 0.3 is 0 Å². The van der Waals surface area contributed by atoms with Gasteiger partial charge in [0.15, 0.2) is 0 Å². The van der Waals surface area contributed by atoms with Crippen molar-refractivity contribution in [3.8, 4) is 17.3 Å². The first-order chi connectivity index (χ1) is 16.6. The molecule has 1 N–H and O–H groups in total. The van der Waals surface area contributed by atoms with Gasteiger partial charge in [-0.2, -0.15) is 5.26 Å². The van der Waals surface area contributed by atoms with Crippen LogP contribution in [-0.4, -0.2) is 10.9 Å². The van der Waals surface area contributed by atoms with Crippen molar-refractivity contribution in [1.29, 1.82) is 5.26 Å². The Bertz CT molecular complexity index is 1450. The number of nitrogens with one attached hydrogen (secondary N) is 1. The standard InChI is InChI=1S/C28H24ClN3OS/c1-17-25(21-12-6-7-13-23(21)31-26(17)18-9-8-10-19(29)15-18)27(33)32-28-22(16-30)20-11-4-2-3-5-14-24(20)34-28/h6-10,12-13,15H,2-5,11,14H2,1H3,(H,32,33). The second-order valence-electron chi connectivity index (χ2n) is 8.68. The van der Waals surface area contributed by atoms with Crippen LogP contribution in [-0.2, 0) is 12.8 Å². The molecule has 0 fully saturated rings. The highest BCUT2D eigenvalue weighted by Gasteiger charge is 2.24. The summed E-state index contributed by atoms with van der Waals surface area (Å²) in [5, 5.41) is 15.1. The van der Waals surface area contributed by atoms with E-state index in [1.807, 2.05) is 55.5 Å². The van der Waals surface area contributed by atoms with Crippen molar-refractivity contribution in [1.82, 2.24) is 4.98 Å². The molecular formula is C28H24ClN3OS. The molecule has 2 heterocycles. The molecule has 1 amide bonds. The zero-order valence-corrected chi connectivity index (χ0v) is 20.5. The van der Waals surface area contributed by atoms with E-state index < -0.39 is 0 Å². The molecule has 5 rings (SSSR count). The maximum Gasteiger partial charge on any atom is 0.257 e. The number of amides is 1. The van der Waals surface area contributed by atoms with Gasteiger partial charge in [0, 0.05) is 20.8 Å². The van der Waals surface area contributed by atoms with E-state index in [2.05, 4.69) is 11.4 Å². The highest BCUT2D eigenvalue weighted by atomic mass is 35.5. The van der Waals surface area contributed by atoms with Crippen molar-refractivity contribution >= 4 is 44.7 Å². The van der Waals surface area contributed by atoms with E-state index in [9.17, 15) is 10.1 Å². The van der Waals surface area contributed by atoms with E-state index in [0.29, 0.717) is 21.2 Å². The third-order valence-electron chi connectivity index (χ3n) is 6.47. The number of aryl methyl sites for hydroxylation is 1. The summed E-state index contributed by atoms with van der Waals surface area (Å²) >= 11 is 7.80. The predicted octanol–water partition coefficient (Wildman–Crippen LogP) is 7.71. The minimum absolute atomic E-state index is 0.218. The summed E-state index contributed by atoms with van der Waals surface area (Å²) in [5.41, 5.74) is 5.44. The van der Waals surface area contributed by atoms with Crippen molar-refractivity contribution in [3.63, 3.8) is 0 Å². The van der Waals surface area contributed by atoms with Crippen molar-refractivity contribution in [2.75, 3.05) is 5.32 Å². The first-order valence-electron chi connectivity index (χ1n) is 11.6. The third-order valence-corrected chi connectivity index (χ3v) is 7.91. The van der Waals surface area contributed by atoms with Crippen molar-refractivity contribution in [3.05, 3.63) is 80.7 Å². The molecule has 0 atom stereocenters. The number of benzene rings is 2. The average molecular weight is 486 g/mol. The van der Waals surface area contributed by atoms with Crippen LogP contribution in [0.4, 0.5) is 5.00 Å². The molecule has 0 unspecified atom stereocenters. The molecule has 0 aliphatic heterocycles. The molecule has 2 aromatic carbocycles. The summed E-state index contributed by atoms with van der Waals surface area (Å²) in [6.07, 6.45) is 6.50. The predicted molar refractivity (Wildman–Crippen MR) is 140 cm³/mol. The van der Waals surface area contributed by atoms with Gasteiger partial charge in [-0.05, 0) is 61.9 Å². The minimum Gasteiger partial charge on any atom is -0.312 e. The van der Waals surface area contributed by atoms with E-state index in [-0.39, 0.29) is 5.91 Å². The molecule has 4 nitrogen and oxygen atoms in total. The Labute approximate surface area is 208 Å². The normalized spacial score (nSPS) is 13.6. The van der Waals surface area contributed by atoms with Crippen LogP contribution in [0.15, 0.2) is 48.5 Å². The van der Waals surface area contributed by atoms with Crippen LogP contribution >= 0.6 is 22.9 Å². The van der Waals surface area contributed by atoms with Crippen LogP contribution in [0.1, 0.15) is 57.6 Å². The zero-order chi connectivity index (χ0) is 23.7. The van der Waals surface area contributed by atoms with Gasteiger partial charge in [0.25, 0.3) is 5.91 Å². The summed E-state index contributed by atoms with van der Waals surface area (Å²) < 4.78 is 0. The molecule has 0 spiro atoms. The van der Waals surface area contributed by atoms with Gasteiger partial charge in [0.2, 0.25) is 0 Å². The van der Waals surface area contributed by atoms with Gasteiger partial charge in [-0.3, -0.25) is 4.79 Å². The smallest absolute Gasteiger partial charge is 0.257 e. The Morgan fingerprint density at radius 1 is 1.09 bits per heavy atom. The number of pyridine rings is 1. The Hall–Kier alpha value is -3.20. The molecular weight excluding hydrogens is 462 g/mol. The third kappa shape index (κ3) is 4.20. The van der Waals surface area contributed by atoms with E-state index in [4.69, 9.17) is 16.6 Å². The van der Waals surface area contributed by atoms with Crippen LogP contribution < -0.4 is 5.32 Å². The molecule has 0 saturated carbocycles. The fraction of sp³-hybridized carbons (Fsp3) is 0.250. The molecule has 1 aliphatic rings. The number of rotatable bonds is 3. The van der Waals surface area contributed by atoms with E-state index in [0.717, 1.165) is 59.0 Å². The number of nitriles is 1. The van der Waals surface area contributed by atoms with Crippen LogP contribution in [0.3, 0.4) is 0 Å². The summed E-state index contributed by atoms with van der Waals surface area (Å²) in [5.74, 6) is -0.218. The van der Waals surface area contributed by atoms with Gasteiger partial charge in [-0.1, -0.05) is 54.8 Å². The lowest BCUT2D eigenvalue weighted by Gasteiger charge is -2.15. The van der Waals surface area contributed by atoms with Crippen LogP contribution in [0.25, 0.3) is 22.2 Å². The quantitative estimate of drug-likeness (QED) is 0.323. The zero-order valence-electron chi connectivity index (χ0n) is 19.0. The Balaban J connectivity index is 1.61. The summed E-state index contributed by atoms with van der Waals surface area (Å²) in [6.45, 7) is 1.92. The summed E-state index contributed by atoms with van der Waals surface area (Å²) in [7, 11) is 0. The van der Waals surface area contributed by atoms with Gasteiger partial charge in [0.05, 0.1) is 22.3 Å². The number of carbonyl (C=O) groups is 1. The Kier molecular flexibility index (Phi) is 6.36. The second kappa shape index (κ2) is 9.58. The molecule has 4 aromatic rings. The summed E-state index contributed by atoms with van der Waals surface area (Å²) in [6, 6.07) is 17.6. The highest BCUT2D eigenvalue weighted by Crippen LogP contribution is 2.38.